The molecule has 1 aliphatic heterocycles. The molecule has 3 aromatic carbocycles. The van der Waals surface area contributed by atoms with Gasteiger partial charge in [0.15, 0.2) is 0 Å². The Balaban J connectivity index is 1.80. The molecule has 4 rings (SSSR count). The summed E-state index contributed by atoms with van der Waals surface area (Å²) in [5.41, 5.74) is 2.09. The zero-order valence-electron chi connectivity index (χ0n) is 20.4. The summed E-state index contributed by atoms with van der Waals surface area (Å²) in [6.07, 6.45) is 0. The van der Waals surface area contributed by atoms with Crippen LogP contribution >= 0.6 is 0 Å². The number of ether oxygens (including phenoxy) is 1. The average Bonchev–Trinajstić information content (AvgIpc) is 3.13. The van der Waals surface area contributed by atoms with Crippen LogP contribution in [0.25, 0.3) is 5.76 Å². The van der Waals surface area contributed by atoms with Crippen molar-refractivity contribution >= 4 is 34.7 Å². The van der Waals surface area contributed by atoms with Gasteiger partial charge in [-0.25, -0.2) is 0 Å². The third-order valence-electron chi connectivity index (χ3n) is 5.72. The molecule has 3 aromatic rings. The Bertz CT molecular complexity index is 1310. The molecule has 184 valence electrons. The fourth-order valence-corrected chi connectivity index (χ4v) is 4.11. The number of amides is 2. The number of Topliss-reactive ketones (excluding diaryl/α,β-unsaturated/α-hetero) is 1. The van der Waals surface area contributed by atoms with Crippen LogP contribution in [0, 0.1) is 5.92 Å². The number of aliphatic hydroxyl groups excluding tert-OH is 1. The van der Waals surface area contributed by atoms with E-state index >= 15 is 0 Å². The van der Waals surface area contributed by atoms with E-state index in [0.717, 1.165) is 0 Å². The smallest absolute Gasteiger partial charge is 0.300 e. The number of ketones is 1. The van der Waals surface area contributed by atoms with Crippen molar-refractivity contribution in [1.82, 2.24) is 0 Å². The highest BCUT2D eigenvalue weighted by Gasteiger charge is 2.46. The van der Waals surface area contributed by atoms with Crippen molar-refractivity contribution in [2.45, 2.75) is 26.8 Å². The van der Waals surface area contributed by atoms with Gasteiger partial charge in [-0.05, 0) is 47.9 Å². The van der Waals surface area contributed by atoms with Gasteiger partial charge >= 0.3 is 0 Å². The predicted octanol–water partition coefficient (Wildman–Crippen LogP) is 5.31. The maximum atomic E-state index is 13.3. The number of nitrogens with one attached hydrogen (secondary N) is 1. The SMILES string of the molecule is CC(=O)Nc1ccc(N2C(=O)C(=O)/C(=C(\O)c3cccc(OCC(C)C)c3)C2c2ccccc2)cc1. The molecule has 1 heterocycles. The normalized spacial score (nSPS) is 16.9. The van der Waals surface area contributed by atoms with E-state index in [-0.39, 0.29) is 17.2 Å². The lowest BCUT2D eigenvalue weighted by Crippen LogP contribution is -2.29. The van der Waals surface area contributed by atoms with Gasteiger partial charge < -0.3 is 15.2 Å². The lowest BCUT2D eigenvalue weighted by atomic mass is 9.95. The third kappa shape index (κ3) is 5.15. The Morgan fingerprint density at radius 2 is 1.69 bits per heavy atom. The monoisotopic (exact) mass is 484 g/mol. The van der Waals surface area contributed by atoms with E-state index in [4.69, 9.17) is 4.74 Å². The summed E-state index contributed by atoms with van der Waals surface area (Å²) in [4.78, 5) is 39.3. The van der Waals surface area contributed by atoms with Crippen molar-refractivity contribution in [3.63, 3.8) is 0 Å². The number of carbonyl (C=O) groups excluding carboxylic acids is 3. The van der Waals surface area contributed by atoms with Crippen LogP contribution in [0.4, 0.5) is 11.4 Å². The summed E-state index contributed by atoms with van der Waals surface area (Å²) in [6, 6.07) is 21.7. The fraction of sp³-hybridized carbons (Fsp3) is 0.207. The molecule has 1 saturated heterocycles. The number of rotatable bonds is 7. The summed E-state index contributed by atoms with van der Waals surface area (Å²) in [5, 5.41) is 14.0. The van der Waals surface area contributed by atoms with Crippen molar-refractivity contribution < 1.29 is 24.2 Å². The summed E-state index contributed by atoms with van der Waals surface area (Å²) in [5.74, 6) is -1.12. The molecule has 1 aliphatic rings. The third-order valence-corrected chi connectivity index (χ3v) is 5.72. The molecule has 1 atom stereocenters. The van der Waals surface area contributed by atoms with E-state index in [1.807, 2.05) is 44.2 Å². The first-order chi connectivity index (χ1) is 17.3. The van der Waals surface area contributed by atoms with Gasteiger partial charge in [-0.3, -0.25) is 19.3 Å². The van der Waals surface area contributed by atoms with E-state index in [1.54, 1.807) is 48.5 Å². The largest absolute Gasteiger partial charge is 0.507 e. The molecule has 0 aliphatic carbocycles. The van der Waals surface area contributed by atoms with E-state index < -0.39 is 17.7 Å². The van der Waals surface area contributed by atoms with E-state index in [2.05, 4.69) is 5.32 Å². The van der Waals surface area contributed by atoms with Gasteiger partial charge in [0.05, 0.1) is 18.2 Å². The van der Waals surface area contributed by atoms with Crippen LogP contribution < -0.4 is 15.0 Å². The number of nitrogens with zero attached hydrogens (tertiary/aromatic N) is 1. The Morgan fingerprint density at radius 1 is 1.00 bits per heavy atom. The second kappa shape index (κ2) is 10.5. The summed E-state index contributed by atoms with van der Waals surface area (Å²) >= 11 is 0. The highest BCUT2D eigenvalue weighted by Crippen LogP contribution is 2.42. The highest BCUT2D eigenvalue weighted by molar-refractivity contribution is 6.51. The number of aliphatic hydroxyl groups is 1. The zero-order valence-corrected chi connectivity index (χ0v) is 20.4. The van der Waals surface area contributed by atoms with Crippen LogP contribution in [0.1, 0.15) is 37.9 Å². The van der Waals surface area contributed by atoms with Crippen molar-refractivity contribution in [3.05, 3.63) is 95.6 Å². The molecular weight excluding hydrogens is 456 g/mol. The topological polar surface area (TPSA) is 95.9 Å². The first-order valence-corrected chi connectivity index (χ1v) is 11.7. The van der Waals surface area contributed by atoms with Crippen LogP contribution in [-0.4, -0.2) is 29.3 Å². The van der Waals surface area contributed by atoms with Crippen molar-refractivity contribution in [2.75, 3.05) is 16.8 Å². The van der Waals surface area contributed by atoms with Gasteiger partial charge in [-0.2, -0.15) is 0 Å². The van der Waals surface area contributed by atoms with Gasteiger partial charge in [0, 0.05) is 23.9 Å². The maximum absolute atomic E-state index is 13.3. The van der Waals surface area contributed by atoms with E-state index in [1.165, 1.54) is 11.8 Å². The minimum atomic E-state index is -0.835. The standard InChI is InChI=1S/C29H28N2O5/c1-18(2)17-36-24-11-7-10-21(16-24)27(33)25-26(20-8-5-4-6-9-20)31(29(35)28(25)34)23-14-12-22(13-15-23)30-19(3)32/h4-16,18,26,33H,17H2,1-3H3,(H,30,32)/b27-25-. The van der Waals surface area contributed by atoms with E-state index in [9.17, 15) is 19.5 Å². The van der Waals surface area contributed by atoms with E-state index in [0.29, 0.717) is 40.8 Å². The van der Waals surface area contributed by atoms with Crippen LogP contribution in [0.5, 0.6) is 5.75 Å². The molecule has 0 spiro atoms. The van der Waals surface area contributed by atoms with Crippen molar-refractivity contribution in [3.8, 4) is 5.75 Å². The second-order valence-corrected chi connectivity index (χ2v) is 9.04. The van der Waals surface area contributed by atoms with Crippen molar-refractivity contribution in [1.29, 1.82) is 0 Å². The molecule has 36 heavy (non-hydrogen) atoms. The van der Waals surface area contributed by atoms with Crippen LogP contribution in [0.2, 0.25) is 0 Å². The highest BCUT2D eigenvalue weighted by atomic mass is 16.5. The zero-order chi connectivity index (χ0) is 25.8. The number of carbonyl (C=O) groups is 3. The molecule has 1 fully saturated rings. The molecule has 2 amide bonds. The maximum Gasteiger partial charge on any atom is 0.300 e. The Morgan fingerprint density at radius 3 is 2.33 bits per heavy atom. The molecule has 0 bridgehead atoms. The molecule has 7 heteroatoms. The molecule has 0 saturated carbocycles. The number of anilines is 2. The predicted molar refractivity (Wildman–Crippen MR) is 139 cm³/mol. The molecule has 0 radical (unpaired) electrons. The minimum Gasteiger partial charge on any atom is -0.507 e. The summed E-state index contributed by atoms with van der Waals surface area (Å²) < 4.78 is 5.78. The average molecular weight is 485 g/mol. The van der Waals surface area contributed by atoms with Gasteiger partial charge in [0.2, 0.25) is 5.91 Å². The van der Waals surface area contributed by atoms with Crippen LogP contribution in [0.3, 0.4) is 0 Å². The van der Waals surface area contributed by atoms with Gasteiger partial charge in [0.1, 0.15) is 11.5 Å². The van der Waals surface area contributed by atoms with Gasteiger partial charge in [0.25, 0.3) is 11.7 Å². The lowest BCUT2D eigenvalue weighted by molar-refractivity contribution is -0.132. The molecule has 1 unspecified atom stereocenters. The molecular formula is C29H28N2O5. The Hall–Kier alpha value is -4.39. The summed E-state index contributed by atoms with van der Waals surface area (Å²) in [7, 11) is 0. The Labute approximate surface area is 210 Å². The second-order valence-electron chi connectivity index (χ2n) is 9.04. The van der Waals surface area contributed by atoms with Gasteiger partial charge in [-0.1, -0.05) is 56.3 Å². The van der Waals surface area contributed by atoms with Crippen LogP contribution in [0.15, 0.2) is 84.4 Å². The minimum absolute atomic E-state index is 0.00172. The Kier molecular flexibility index (Phi) is 7.20. The molecule has 7 nitrogen and oxygen atoms in total. The summed E-state index contributed by atoms with van der Waals surface area (Å²) in [6.45, 7) is 5.99. The molecule has 2 N–H and O–H groups in total. The molecule has 0 aromatic heterocycles. The lowest BCUT2D eigenvalue weighted by Gasteiger charge is -2.25. The van der Waals surface area contributed by atoms with Crippen LogP contribution in [-0.2, 0) is 14.4 Å². The quantitative estimate of drug-likeness (QED) is 0.269. The number of benzene rings is 3. The number of hydrogen-bond donors (Lipinski definition) is 2. The fourth-order valence-electron chi connectivity index (χ4n) is 4.11. The first-order valence-electron chi connectivity index (χ1n) is 11.7. The number of hydrogen-bond acceptors (Lipinski definition) is 5. The first kappa shape index (κ1) is 24.7. The van der Waals surface area contributed by atoms with Gasteiger partial charge in [-0.15, -0.1) is 0 Å². The van der Waals surface area contributed by atoms with Crippen molar-refractivity contribution in [2.24, 2.45) is 5.92 Å².